The molecule has 1 aliphatic heterocycles. The molecule has 5 aromatic rings. The van der Waals surface area contributed by atoms with E-state index in [4.69, 9.17) is 5.10 Å². The number of rotatable bonds is 7. The topological polar surface area (TPSA) is 92.9 Å². The summed E-state index contributed by atoms with van der Waals surface area (Å²) in [5.74, 6) is -1.57. The number of thiazole rings is 1. The minimum atomic E-state index is -0.914. The number of nitrogens with one attached hydrogen (secondary N) is 2. The van der Waals surface area contributed by atoms with Crippen LogP contribution in [-0.4, -0.2) is 54.6 Å². The summed E-state index contributed by atoms with van der Waals surface area (Å²) in [6.45, 7) is 3.51. The molecule has 2 aromatic carbocycles. The number of urea groups is 1. The van der Waals surface area contributed by atoms with Gasteiger partial charge < -0.3 is 5.32 Å². The van der Waals surface area contributed by atoms with Crippen molar-refractivity contribution in [2.45, 2.75) is 25.4 Å². The second kappa shape index (κ2) is 11.7. The summed E-state index contributed by atoms with van der Waals surface area (Å²) >= 11 is 4.90. The molecule has 0 aliphatic carbocycles. The number of amides is 2. The van der Waals surface area contributed by atoms with E-state index in [1.807, 2.05) is 55.9 Å². The summed E-state index contributed by atoms with van der Waals surface area (Å²) in [5, 5.41) is 17.2. The van der Waals surface area contributed by atoms with Crippen molar-refractivity contribution in [3.63, 3.8) is 0 Å². The van der Waals surface area contributed by atoms with Crippen LogP contribution in [0.5, 0.6) is 0 Å². The van der Waals surface area contributed by atoms with Crippen LogP contribution < -0.4 is 10.6 Å². The quantitative estimate of drug-likeness (QED) is 0.230. The van der Waals surface area contributed by atoms with Gasteiger partial charge in [-0.25, -0.2) is 23.2 Å². The third-order valence-corrected chi connectivity index (χ3v) is 8.74. The number of likely N-dealkylation sites (tertiary alicyclic amines) is 1. The summed E-state index contributed by atoms with van der Waals surface area (Å²) in [4.78, 5) is 20.2. The molecule has 0 spiro atoms. The van der Waals surface area contributed by atoms with Crippen LogP contribution in [0.1, 0.15) is 22.7 Å². The Kier molecular flexibility index (Phi) is 7.88. The molecule has 2 amide bonds. The van der Waals surface area contributed by atoms with Crippen molar-refractivity contribution in [1.29, 1.82) is 0 Å². The fourth-order valence-corrected chi connectivity index (χ4v) is 6.39. The van der Waals surface area contributed by atoms with Gasteiger partial charge in [0.1, 0.15) is 11.5 Å². The first-order valence-corrected chi connectivity index (χ1v) is 14.9. The predicted octanol–water partition coefficient (Wildman–Crippen LogP) is 5.87. The van der Waals surface area contributed by atoms with Gasteiger partial charge in [-0.15, -0.1) is 11.3 Å². The Morgan fingerprint density at radius 3 is 2.64 bits per heavy atom. The summed E-state index contributed by atoms with van der Waals surface area (Å²) in [6, 6.07) is 12.7. The third-order valence-electron chi connectivity index (χ3n) is 7.33. The van der Waals surface area contributed by atoms with E-state index in [-0.39, 0.29) is 12.0 Å². The van der Waals surface area contributed by atoms with Crippen molar-refractivity contribution < 1.29 is 13.6 Å². The van der Waals surface area contributed by atoms with Gasteiger partial charge in [-0.1, -0.05) is 24.3 Å². The van der Waals surface area contributed by atoms with Crippen LogP contribution in [0.25, 0.3) is 16.9 Å². The Balaban J connectivity index is 1.28. The smallest absolute Gasteiger partial charge is 0.320 e. The third kappa shape index (κ3) is 5.85. The van der Waals surface area contributed by atoms with Crippen LogP contribution in [0.4, 0.5) is 19.4 Å². The molecular weight excluding hydrogens is 626 g/mol. The highest BCUT2D eigenvalue weighted by molar-refractivity contribution is 9.11. The molecule has 13 heteroatoms. The molecule has 0 bridgehead atoms. The Hall–Kier alpha value is -3.94. The maximum Gasteiger partial charge on any atom is 0.320 e. The first-order valence-electron chi connectivity index (χ1n) is 13.2. The van der Waals surface area contributed by atoms with Crippen molar-refractivity contribution in [2.24, 2.45) is 7.05 Å². The lowest BCUT2D eigenvalue weighted by Crippen LogP contribution is -2.42. The second-order valence-corrected chi connectivity index (χ2v) is 12.4. The van der Waals surface area contributed by atoms with E-state index in [0.717, 1.165) is 32.5 Å². The van der Waals surface area contributed by atoms with Gasteiger partial charge in [0.15, 0.2) is 15.6 Å². The van der Waals surface area contributed by atoms with Gasteiger partial charge in [-0.2, -0.15) is 10.2 Å². The fraction of sp³-hybridized carbons (Fsp3) is 0.241. The van der Waals surface area contributed by atoms with Crippen molar-refractivity contribution in [1.82, 2.24) is 34.8 Å². The lowest BCUT2D eigenvalue weighted by molar-refractivity contribution is 0.246. The molecule has 9 nitrogen and oxygen atoms in total. The number of nitrogens with zero attached hydrogens (tertiary/aromatic N) is 6. The zero-order valence-electron chi connectivity index (χ0n) is 22.8. The highest BCUT2D eigenvalue weighted by Gasteiger charge is 2.36. The van der Waals surface area contributed by atoms with Gasteiger partial charge in [0.05, 0.1) is 23.6 Å². The van der Waals surface area contributed by atoms with Crippen LogP contribution in [0.3, 0.4) is 0 Å². The van der Waals surface area contributed by atoms with Gasteiger partial charge in [0.25, 0.3) is 0 Å². The van der Waals surface area contributed by atoms with E-state index in [9.17, 15) is 13.6 Å². The molecule has 0 saturated carbocycles. The summed E-state index contributed by atoms with van der Waals surface area (Å²) in [7, 11) is 1.83. The Morgan fingerprint density at radius 2 is 1.95 bits per heavy atom. The normalized spacial score (nSPS) is 17.1. The van der Waals surface area contributed by atoms with E-state index in [1.54, 1.807) is 21.6 Å². The number of carbonyl (C=O) groups is 1. The molecule has 42 heavy (non-hydrogen) atoms. The lowest BCUT2D eigenvalue weighted by Gasteiger charge is -2.21. The molecule has 3 aromatic heterocycles. The maximum atomic E-state index is 14.2. The molecule has 0 unspecified atom stereocenters. The average molecular weight is 654 g/mol. The molecular formula is C29H27BrF2N8OS. The van der Waals surface area contributed by atoms with Gasteiger partial charge in [-0.3, -0.25) is 14.9 Å². The van der Waals surface area contributed by atoms with Crippen LogP contribution >= 0.6 is 27.3 Å². The van der Waals surface area contributed by atoms with Crippen molar-refractivity contribution in [3.05, 3.63) is 98.7 Å². The van der Waals surface area contributed by atoms with E-state index >= 15 is 0 Å². The number of aromatic nitrogens is 5. The van der Waals surface area contributed by atoms with Gasteiger partial charge in [-0.05, 0) is 52.7 Å². The van der Waals surface area contributed by atoms with Crippen molar-refractivity contribution in [2.75, 3.05) is 18.4 Å². The highest BCUT2D eigenvalue weighted by Crippen LogP contribution is 2.32. The second-order valence-electron chi connectivity index (χ2n) is 10.2. The molecule has 0 radical (unpaired) electrons. The van der Waals surface area contributed by atoms with E-state index in [1.165, 1.54) is 17.4 Å². The minimum Gasteiger partial charge on any atom is -0.333 e. The Morgan fingerprint density at radius 1 is 1.14 bits per heavy atom. The predicted molar refractivity (Wildman–Crippen MR) is 161 cm³/mol. The summed E-state index contributed by atoms with van der Waals surface area (Å²) < 4.78 is 32.2. The van der Waals surface area contributed by atoms with Gasteiger partial charge in [0, 0.05) is 55.3 Å². The minimum absolute atomic E-state index is 0.265. The Bertz CT molecular complexity index is 1740. The summed E-state index contributed by atoms with van der Waals surface area (Å²) in [6.07, 6.45) is 3.60. The first-order chi connectivity index (χ1) is 20.2. The van der Waals surface area contributed by atoms with Crippen molar-refractivity contribution >= 4 is 39.1 Å². The first kappa shape index (κ1) is 28.2. The number of para-hydroxylation sites is 1. The van der Waals surface area contributed by atoms with Crippen molar-refractivity contribution in [3.8, 4) is 16.9 Å². The maximum absolute atomic E-state index is 14.2. The zero-order valence-corrected chi connectivity index (χ0v) is 25.2. The van der Waals surface area contributed by atoms with Gasteiger partial charge in [0.2, 0.25) is 0 Å². The monoisotopic (exact) mass is 652 g/mol. The van der Waals surface area contributed by atoms with Gasteiger partial charge >= 0.3 is 6.03 Å². The largest absolute Gasteiger partial charge is 0.333 e. The number of aryl methyl sites for hydroxylation is 1. The SMILES string of the molecule is Cc1c(-c2cnn(C)c2)nn(-c2ccccc2)c1NC(=O)N[C@@H]1CN(Cc2csc(Br)n2)C[C@H]1c1ccc(F)c(F)c1. The molecule has 1 saturated heterocycles. The van der Waals surface area contributed by atoms with Crippen LogP contribution in [0.15, 0.2) is 70.2 Å². The summed E-state index contributed by atoms with van der Waals surface area (Å²) in [5.41, 5.74) is 4.60. The molecule has 2 N–H and O–H groups in total. The Labute approximate surface area is 253 Å². The number of anilines is 1. The molecule has 216 valence electrons. The molecule has 1 aliphatic rings. The van der Waals surface area contributed by atoms with E-state index in [0.29, 0.717) is 36.7 Å². The van der Waals surface area contributed by atoms with E-state index in [2.05, 4.69) is 41.5 Å². The molecule has 4 heterocycles. The molecule has 6 rings (SSSR count). The zero-order chi connectivity index (χ0) is 29.4. The lowest BCUT2D eigenvalue weighted by atomic mass is 9.94. The van der Waals surface area contributed by atoms with Crippen LogP contribution in [-0.2, 0) is 13.6 Å². The van der Waals surface area contributed by atoms with Crippen LogP contribution in [0, 0.1) is 18.6 Å². The number of hydrogen-bond acceptors (Lipinski definition) is 6. The highest BCUT2D eigenvalue weighted by atomic mass is 79.9. The molecule has 1 fully saturated rings. The standard InChI is InChI=1S/C29H27BrF2N8OS/c1-17-26(19-11-33-38(2)12-19)37-40(21-6-4-3-5-7-21)27(17)36-29(41)35-25-15-39(13-20-16-42-28(30)34-20)14-22(25)18-8-9-23(31)24(32)10-18/h3-12,16,22,25H,13-15H2,1-2H3,(H2,35,36,41)/t22-,25+/m0/s1. The number of halogens is 3. The number of carbonyl (C=O) groups excluding carboxylic acids is 1. The van der Waals surface area contributed by atoms with Crippen LogP contribution in [0.2, 0.25) is 0 Å². The fourth-order valence-electron chi connectivity index (χ4n) is 5.35. The average Bonchev–Trinajstić information content (AvgIpc) is 3.75. The molecule has 2 atom stereocenters. The number of benzene rings is 2. The van der Waals surface area contributed by atoms with E-state index < -0.39 is 17.7 Å². The number of hydrogen-bond donors (Lipinski definition) is 2.